The Morgan fingerprint density at radius 2 is 1.89 bits per heavy atom. The van der Waals surface area contributed by atoms with Gasteiger partial charge in [0.05, 0.1) is 0 Å². The summed E-state index contributed by atoms with van der Waals surface area (Å²) in [6.07, 6.45) is 22.5. The van der Waals surface area contributed by atoms with Gasteiger partial charge < -0.3 is 0 Å². The number of hydrogen-bond acceptors (Lipinski definition) is 0. The van der Waals surface area contributed by atoms with Crippen molar-refractivity contribution in [1.82, 2.24) is 0 Å². The van der Waals surface area contributed by atoms with Crippen molar-refractivity contribution in [2.75, 3.05) is 0 Å². The zero-order valence-corrected chi connectivity index (χ0v) is 19.2. The van der Waals surface area contributed by atoms with Crippen molar-refractivity contribution < 1.29 is 23.2 Å². The van der Waals surface area contributed by atoms with Crippen LogP contribution in [0.25, 0.3) is 17.2 Å². The number of fused-ring (bicyclic) bond motifs is 2. The van der Waals surface area contributed by atoms with Crippen LogP contribution in [0.1, 0.15) is 58.5 Å². The molecule has 0 aliphatic heterocycles. The first-order valence-electron chi connectivity index (χ1n) is 10.9. The van der Waals surface area contributed by atoms with E-state index in [9.17, 15) is 0 Å². The van der Waals surface area contributed by atoms with E-state index in [4.69, 9.17) is 0 Å². The molecular formula is C27H28Zr. The second-order valence-electron chi connectivity index (χ2n) is 8.46. The van der Waals surface area contributed by atoms with Crippen molar-refractivity contribution in [2.24, 2.45) is 0 Å². The molecule has 0 spiro atoms. The number of aryl methyl sites for hydroxylation is 1. The number of hydrogen-bond donors (Lipinski definition) is 0. The van der Waals surface area contributed by atoms with Crippen molar-refractivity contribution in [3.05, 3.63) is 89.0 Å². The van der Waals surface area contributed by atoms with Gasteiger partial charge in [-0.2, -0.15) is 0 Å². The summed E-state index contributed by atoms with van der Waals surface area (Å²) in [4.78, 5) is 0. The zero-order valence-electron chi connectivity index (χ0n) is 16.7. The summed E-state index contributed by atoms with van der Waals surface area (Å²) in [6, 6.07) is 13.7. The quantitative estimate of drug-likeness (QED) is 0.434. The van der Waals surface area contributed by atoms with Gasteiger partial charge in [0.2, 0.25) is 0 Å². The van der Waals surface area contributed by atoms with E-state index in [-0.39, 0.29) is 0 Å². The van der Waals surface area contributed by atoms with Crippen molar-refractivity contribution in [3.63, 3.8) is 0 Å². The summed E-state index contributed by atoms with van der Waals surface area (Å²) in [5.74, 6) is 0. The fourth-order valence-corrected chi connectivity index (χ4v) is 9.78. The van der Waals surface area contributed by atoms with E-state index in [1.54, 1.807) is 22.3 Å². The number of unbranched alkanes of at least 4 members (excludes halogenated alkanes) is 1. The van der Waals surface area contributed by atoms with Crippen LogP contribution >= 0.6 is 0 Å². The molecule has 1 atom stereocenters. The molecule has 2 aromatic rings. The molecule has 0 radical (unpaired) electrons. The Kier molecular flexibility index (Phi) is 5.14. The second-order valence-corrected chi connectivity index (χ2v) is 13.0. The summed E-state index contributed by atoms with van der Waals surface area (Å²) < 4.78 is 1.12. The van der Waals surface area contributed by atoms with E-state index in [0.29, 0.717) is 6.75 Å². The van der Waals surface area contributed by atoms with Crippen molar-refractivity contribution in [3.8, 4) is 11.1 Å². The average Bonchev–Trinajstić information content (AvgIpc) is 3.47. The van der Waals surface area contributed by atoms with Gasteiger partial charge in [0.15, 0.2) is 0 Å². The summed E-state index contributed by atoms with van der Waals surface area (Å²) >= 11 is -0.690. The Morgan fingerprint density at radius 1 is 1.07 bits per heavy atom. The van der Waals surface area contributed by atoms with E-state index in [2.05, 4.69) is 79.8 Å². The van der Waals surface area contributed by atoms with Gasteiger partial charge in [-0.1, -0.05) is 0 Å². The third kappa shape index (κ3) is 3.27. The molecule has 1 heteroatoms. The van der Waals surface area contributed by atoms with Gasteiger partial charge in [-0.3, -0.25) is 0 Å². The summed E-state index contributed by atoms with van der Waals surface area (Å²) in [5, 5.41) is 0. The Morgan fingerprint density at radius 3 is 2.68 bits per heavy atom. The second kappa shape index (κ2) is 7.75. The first-order chi connectivity index (χ1) is 13.8. The number of rotatable bonds is 6. The molecule has 0 nitrogen and oxygen atoms in total. The standard InChI is InChI=1S/C18H15.C9H13.Zr/c1-2-6-13(7-3-1)18-16-10-4-8-14(16)12-15-9-5-11-17(15)18;1-2-3-6-9-7-4-5-8-9;/h1-4,6-8,10,12H,5,9,11H2;4-5,7-8H,2-3,6H2,1H3;. The normalized spacial score (nSPS) is 20.5. The van der Waals surface area contributed by atoms with E-state index < -0.39 is 23.2 Å². The van der Waals surface area contributed by atoms with Crippen molar-refractivity contribution in [1.29, 1.82) is 0 Å². The molecule has 0 saturated heterocycles. The molecular weight excluding hydrogens is 416 g/mol. The molecule has 0 bridgehead atoms. The van der Waals surface area contributed by atoms with Crippen LogP contribution in [-0.2, 0) is 36.1 Å². The van der Waals surface area contributed by atoms with Gasteiger partial charge in [-0.25, -0.2) is 0 Å². The molecule has 0 aromatic heterocycles. The molecule has 1 unspecified atom stereocenters. The van der Waals surface area contributed by atoms with E-state index in [1.807, 2.05) is 0 Å². The van der Waals surface area contributed by atoms with Crippen LogP contribution in [0.5, 0.6) is 0 Å². The SMILES string of the molecule is CCCC[C]1([Zr][CH]2C=Cc3c2cc2c(c3-c3ccccc3)CCC2)C=CC=C1. The van der Waals surface area contributed by atoms with E-state index >= 15 is 0 Å². The van der Waals surface area contributed by atoms with Crippen LogP contribution in [-0.4, -0.2) is 0 Å². The fourth-order valence-electron chi connectivity index (χ4n) is 5.18. The monoisotopic (exact) mass is 442 g/mol. The molecule has 3 aliphatic rings. The number of benzene rings is 2. The predicted octanol–water partition coefficient (Wildman–Crippen LogP) is 7.47. The first-order valence-corrected chi connectivity index (χ1v) is 13.5. The fraction of sp³-hybridized carbons (Fsp3) is 0.333. The van der Waals surface area contributed by atoms with Gasteiger partial charge in [0, 0.05) is 0 Å². The van der Waals surface area contributed by atoms with Crippen molar-refractivity contribution in [2.45, 2.75) is 52.2 Å². The van der Waals surface area contributed by atoms with Gasteiger partial charge in [-0.15, -0.1) is 0 Å². The average molecular weight is 444 g/mol. The summed E-state index contributed by atoms with van der Waals surface area (Å²) in [5.41, 5.74) is 9.40. The third-order valence-electron chi connectivity index (χ3n) is 6.59. The van der Waals surface area contributed by atoms with Gasteiger partial charge in [0.1, 0.15) is 0 Å². The Labute approximate surface area is 181 Å². The van der Waals surface area contributed by atoms with Gasteiger partial charge in [-0.05, 0) is 0 Å². The molecule has 28 heavy (non-hydrogen) atoms. The topological polar surface area (TPSA) is 0 Å². The van der Waals surface area contributed by atoms with Crippen LogP contribution in [0.3, 0.4) is 0 Å². The van der Waals surface area contributed by atoms with Crippen LogP contribution in [0.15, 0.2) is 66.8 Å². The van der Waals surface area contributed by atoms with Crippen molar-refractivity contribution >= 4 is 6.08 Å². The molecule has 0 N–H and O–H groups in total. The maximum absolute atomic E-state index is 2.60. The molecule has 0 fully saturated rings. The molecule has 3 aliphatic carbocycles. The Bertz CT molecular complexity index is 950. The zero-order chi connectivity index (χ0) is 19.0. The first kappa shape index (κ1) is 18.6. The van der Waals surface area contributed by atoms with Crippen LogP contribution < -0.4 is 0 Å². The molecule has 2 aromatic carbocycles. The Balaban J connectivity index is 1.55. The van der Waals surface area contributed by atoms with Crippen LogP contribution in [0, 0.1) is 0 Å². The van der Waals surface area contributed by atoms with Gasteiger partial charge >= 0.3 is 182 Å². The Hall–Kier alpha value is -1.46. The summed E-state index contributed by atoms with van der Waals surface area (Å²) in [7, 11) is 0. The molecule has 140 valence electrons. The molecule has 0 amide bonds. The minimum absolute atomic E-state index is 0.419. The van der Waals surface area contributed by atoms with E-state index in [1.165, 1.54) is 49.7 Å². The molecule has 0 saturated carbocycles. The summed E-state index contributed by atoms with van der Waals surface area (Å²) in [6.45, 7) is 2.32. The van der Waals surface area contributed by atoms with Crippen LogP contribution in [0.4, 0.5) is 0 Å². The third-order valence-corrected chi connectivity index (χ3v) is 11.3. The van der Waals surface area contributed by atoms with E-state index in [0.717, 1.165) is 0 Å². The maximum atomic E-state index is 2.60. The molecule has 0 heterocycles. The predicted molar refractivity (Wildman–Crippen MR) is 116 cm³/mol. The van der Waals surface area contributed by atoms with Crippen LogP contribution in [0.2, 0.25) is 3.12 Å². The van der Waals surface area contributed by atoms with Gasteiger partial charge in [0.25, 0.3) is 0 Å². The minimum atomic E-state index is -0.690. The molecule has 5 rings (SSSR count). The number of allylic oxidation sites excluding steroid dienone is 5.